The molecule has 3 aromatic rings. The molecule has 28 heavy (non-hydrogen) atoms. The quantitative estimate of drug-likeness (QED) is 0.613. The maximum Gasteiger partial charge on any atom is 0.336 e. The highest BCUT2D eigenvalue weighted by molar-refractivity contribution is 5.80. The normalized spacial score (nSPS) is 17.2. The number of fused-ring (bicyclic) bond motifs is 1. The van der Waals surface area contributed by atoms with Crippen LogP contribution in [-0.2, 0) is 6.54 Å². The molecule has 1 unspecified atom stereocenters. The van der Waals surface area contributed by atoms with E-state index < -0.39 is 0 Å². The van der Waals surface area contributed by atoms with Crippen molar-refractivity contribution in [1.82, 2.24) is 4.90 Å². The number of likely N-dealkylation sites (tertiary alicyclic amines) is 1. The Balaban J connectivity index is 1.71. The van der Waals surface area contributed by atoms with Crippen LogP contribution in [0.5, 0.6) is 11.5 Å². The molecule has 1 aromatic heterocycles. The van der Waals surface area contributed by atoms with E-state index in [9.17, 15) is 4.79 Å². The number of benzene rings is 2. The summed E-state index contributed by atoms with van der Waals surface area (Å²) in [5.74, 6) is 1.69. The van der Waals surface area contributed by atoms with Gasteiger partial charge in [-0.2, -0.15) is 0 Å². The van der Waals surface area contributed by atoms with Gasteiger partial charge in [-0.15, -0.1) is 0 Å². The number of methoxy groups -OCH3 is 2. The first-order chi connectivity index (χ1) is 13.6. The Hall–Kier alpha value is -2.79. The van der Waals surface area contributed by atoms with Gasteiger partial charge in [-0.05, 0) is 61.7 Å². The van der Waals surface area contributed by atoms with Crippen molar-refractivity contribution in [3.63, 3.8) is 0 Å². The SMILES string of the molecule is COc1ccc(OC)c(C2CCCN2Cc2cc(=O)oc3cc(C)ccc23)c1. The summed E-state index contributed by atoms with van der Waals surface area (Å²) >= 11 is 0. The highest BCUT2D eigenvalue weighted by Crippen LogP contribution is 2.40. The lowest BCUT2D eigenvalue weighted by Crippen LogP contribution is -2.24. The molecule has 5 heteroatoms. The van der Waals surface area contributed by atoms with Crippen molar-refractivity contribution < 1.29 is 13.9 Å². The van der Waals surface area contributed by atoms with Gasteiger partial charge in [0.25, 0.3) is 0 Å². The van der Waals surface area contributed by atoms with E-state index in [0.717, 1.165) is 53.0 Å². The van der Waals surface area contributed by atoms with Gasteiger partial charge in [0.1, 0.15) is 17.1 Å². The minimum Gasteiger partial charge on any atom is -0.497 e. The summed E-state index contributed by atoms with van der Waals surface area (Å²) < 4.78 is 16.5. The van der Waals surface area contributed by atoms with E-state index in [1.165, 1.54) is 0 Å². The second kappa shape index (κ2) is 7.68. The third-order valence-electron chi connectivity index (χ3n) is 5.52. The first-order valence-electron chi connectivity index (χ1n) is 9.58. The minimum absolute atomic E-state index is 0.220. The first-order valence-corrected chi connectivity index (χ1v) is 9.58. The fraction of sp³-hybridized carbons (Fsp3) is 0.348. The molecular formula is C23H25NO4. The zero-order chi connectivity index (χ0) is 19.7. The van der Waals surface area contributed by atoms with Gasteiger partial charge in [0, 0.05) is 29.6 Å². The second-order valence-corrected chi connectivity index (χ2v) is 7.33. The third-order valence-corrected chi connectivity index (χ3v) is 5.52. The second-order valence-electron chi connectivity index (χ2n) is 7.33. The van der Waals surface area contributed by atoms with Gasteiger partial charge in [-0.1, -0.05) is 12.1 Å². The number of rotatable bonds is 5. The lowest BCUT2D eigenvalue weighted by Gasteiger charge is -2.27. The Morgan fingerprint density at radius 3 is 2.75 bits per heavy atom. The summed E-state index contributed by atoms with van der Waals surface area (Å²) in [5, 5.41) is 0.994. The maximum atomic E-state index is 12.1. The monoisotopic (exact) mass is 379 g/mol. The Kier molecular flexibility index (Phi) is 5.09. The van der Waals surface area contributed by atoms with E-state index in [-0.39, 0.29) is 11.7 Å². The summed E-state index contributed by atoms with van der Waals surface area (Å²) in [6.07, 6.45) is 2.14. The van der Waals surface area contributed by atoms with E-state index in [1.54, 1.807) is 20.3 Å². The van der Waals surface area contributed by atoms with Crippen LogP contribution in [0.25, 0.3) is 11.0 Å². The van der Waals surface area contributed by atoms with Crippen LogP contribution in [0.3, 0.4) is 0 Å². The Morgan fingerprint density at radius 2 is 1.96 bits per heavy atom. The zero-order valence-electron chi connectivity index (χ0n) is 16.5. The van der Waals surface area contributed by atoms with Crippen molar-refractivity contribution in [1.29, 1.82) is 0 Å². The highest BCUT2D eigenvalue weighted by atomic mass is 16.5. The molecule has 0 bridgehead atoms. The van der Waals surface area contributed by atoms with Crippen molar-refractivity contribution >= 4 is 11.0 Å². The first kappa shape index (κ1) is 18.6. The standard InChI is InChI=1S/C23H25NO4/c1-15-6-8-18-16(12-23(25)28-22(18)11-15)14-24-10-4-5-20(24)19-13-17(26-2)7-9-21(19)27-3/h6-9,11-13,20H,4-5,10,14H2,1-3H3. The van der Waals surface area contributed by atoms with Crippen molar-refractivity contribution in [2.45, 2.75) is 32.4 Å². The van der Waals surface area contributed by atoms with E-state index in [0.29, 0.717) is 12.1 Å². The minimum atomic E-state index is -0.303. The largest absolute Gasteiger partial charge is 0.497 e. The molecule has 4 rings (SSSR count). The van der Waals surface area contributed by atoms with Crippen LogP contribution >= 0.6 is 0 Å². The molecule has 0 saturated carbocycles. The maximum absolute atomic E-state index is 12.1. The summed E-state index contributed by atoms with van der Waals surface area (Å²) in [6.45, 7) is 3.66. The van der Waals surface area contributed by atoms with Crippen LogP contribution in [0.1, 0.15) is 35.6 Å². The molecule has 5 nitrogen and oxygen atoms in total. The number of hydrogen-bond donors (Lipinski definition) is 0. The van der Waals surface area contributed by atoms with Gasteiger partial charge in [-0.3, -0.25) is 4.90 Å². The van der Waals surface area contributed by atoms with Crippen LogP contribution in [0.4, 0.5) is 0 Å². The lowest BCUT2D eigenvalue weighted by atomic mass is 10.0. The Bertz CT molecular complexity index is 1060. The van der Waals surface area contributed by atoms with E-state index >= 15 is 0 Å². The molecule has 1 saturated heterocycles. The van der Waals surface area contributed by atoms with Gasteiger partial charge in [0.05, 0.1) is 14.2 Å². The van der Waals surface area contributed by atoms with Crippen molar-refractivity contribution in [3.8, 4) is 11.5 Å². The molecule has 1 aliphatic rings. The molecule has 2 heterocycles. The summed E-state index contributed by atoms with van der Waals surface area (Å²) in [7, 11) is 3.37. The van der Waals surface area contributed by atoms with E-state index in [4.69, 9.17) is 13.9 Å². The summed E-state index contributed by atoms with van der Waals surface area (Å²) in [5.41, 5.74) is 3.55. The molecular weight excluding hydrogens is 354 g/mol. The highest BCUT2D eigenvalue weighted by Gasteiger charge is 2.29. The molecule has 1 fully saturated rings. The topological polar surface area (TPSA) is 51.9 Å². The molecule has 2 aromatic carbocycles. The third kappa shape index (κ3) is 3.50. The number of nitrogens with zero attached hydrogens (tertiary/aromatic N) is 1. The predicted octanol–water partition coefficient (Wildman–Crippen LogP) is 4.46. The van der Waals surface area contributed by atoms with Crippen LogP contribution in [0, 0.1) is 6.92 Å². The van der Waals surface area contributed by atoms with Gasteiger partial charge in [0.2, 0.25) is 0 Å². The summed E-state index contributed by atoms with van der Waals surface area (Å²) in [4.78, 5) is 14.5. The Labute approximate surface area is 164 Å². The fourth-order valence-corrected chi connectivity index (χ4v) is 4.15. The van der Waals surface area contributed by atoms with Crippen LogP contribution < -0.4 is 15.1 Å². The molecule has 146 valence electrons. The van der Waals surface area contributed by atoms with Gasteiger partial charge in [-0.25, -0.2) is 4.79 Å². The number of ether oxygens (including phenoxy) is 2. The van der Waals surface area contributed by atoms with Gasteiger partial charge >= 0.3 is 5.63 Å². The van der Waals surface area contributed by atoms with Crippen molar-refractivity contribution in [2.24, 2.45) is 0 Å². The van der Waals surface area contributed by atoms with Crippen LogP contribution in [0.2, 0.25) is 0 Å². The molecule has 0 N–H and O–H groups in total. The molecule has 0 radical (unpaired) electrons. The van der Waals surface area contributed by atoms with Crippen molar-refractivity contribution in [2.75, 3.05) is 20.8 Å². The number of hydrogen-bond acceptors (Lipinski definition) is 5. The lowest BCUT2D eigenvalue weighted by molar-refractivity contribution is 0.243. The summed E-state index contributed by atoms with van der Waals surface area (Å²) in [6, 6.07) is 13.8. The fourth-order valence-electron chi connectivity index (χ4n) is 4.15. The molecule has 0 aliphatic carbocycles. The van der Waals surface area contributed by atoms with Crippen molar-refractivity contribution in [3.05, 3.63) is 69.6 Å². The average molecular weight is 379 g/mol. The molecule has 0 spiro atoms. The number of aryl methyl sites for hydroxylation is 1. The molecule has 1 atom stereocenters. The van der Waals surface area contributed by atoms with Crippen LogP contribution in [0.15, 0.2) is 51.7 Å². The molecule has 0 amide bonds. The van der Waals surface area contributed by atoms with Gasteiger partial charge < -0.3 is 13.9 Å². The van der Waals surface area contributed by atoms with Gasteiger partial charge in [0.15, 0.2) is 0 Å². The predicted molar refractivity (Wildman–Crippen MR) is 109 cm³/mol. The van der Waals surface area contributed by atoms with E-state index in [1.807, 2.05) is 31.2 Å². The molecule has 1 aliphatic heterocycles. The van der Waals surface area contributed by atoms with Crippen LogP contribution in [-0.4, -0.2) is 25.7 Å². The van der Waals surface area contributed by atoms with E-state index in [2.05, 4.69) is 17.0 Å². The smallest absolute Gasteiger partial charge is 0.336 e. The average Bonchev–Trinajstić information content (AvgIpc) is 3.14. The zero-order valence-corrected chi connectivity index (χ0v) is 16.5. The Morgan fingerprint density at radius 1 is 1.11 bits per heavy atom.